The molecule has 1 N–H and O–H groups in total. The van der Waals surface area contributed by atoms with Gasteiger partial charge >= 0.3 is 11.9 Å². The van der Waals surface area contributed by atoms with Gasteiger partial charge in [0.25, 0.3) is 0 Å². The van der Waals surface area contributed by atoms with E-state index >= 15 is 0 Å². The van der Waals surface area contributed by atoms with Crippen LogP contribution in [0.4, 0.5) is 0 Å². The fourth-order valence-corrected chi connectivity index (χ4v) is 0.258. The number of rotatable bonds is 4. The van der Waals surface area contributed by atoms with Crippen molar-refractivity contribution in [1.82, 2.24) is 0 Å². The summed E-state index contributed by atoms with van der Waals surface area (Å²) in [4.78, 5) is 20.1. The number of carbonyl (C=O) groups is 2. The molecule has 0 aromatic carbocycles. The number of carboxylic acid groups (broad SMARTS) is 1. The van der Waals surface area contributed by atoms with Gasteiger partial charge in [-0.15, -0.1) is 13.2 Å². The maximum Gasteiger partial charge on any atom is 0.333 e. The van der Waals surface area contributed by atoms with E-state index in [1.165, 1.54) is 19.1 Å². The summed E-state index contributed by atoms with van der Waals surface area (Å²) >= 11 is 0. The molecule has 0 bridgehead atoms. The first kappa shape index (κ1) is 26.6. The predicted octanol–water partition coefficient (Wildman–Crippen LogP) is 3.44. The van der Waals surface area contributed by atoms with Gasteiger partial charge in [0.1, 0.15) is 6.61 Å². The van der Waals surface area contributed by atoms with Crippen LogP contribution < -0.4 is 0 Å². The van der Waals surface area contributed by atoms with Crippen LogP contribution in [0.2, 0.25) is 0 Å². The summed E-state index contributed by atoms with van der Waals surface area (Å²) in [5.41, 5.74) is 0.590. The lowest BCUT2D eigenvalue weighted by Crippen LogP contribution is -2.03. The normalized spacial score (nSPS) is 6.52. The second kappa shape index (κ2) is 22.3. The van der Waals surface area contributed by atoms with Gasteiger partial charge in [-0.05, 0) is 13.8 Å². The van der Waals surface area contributed by atoms with E-state index in [9.17, 15) is 9.59 Å². The monoisotopic (exact) mass is 293 g/mol. The molecule has 0 aliphatic heterocycles. The third kappa shape index (κ3) is 38.2. The molecule has 0 fully saturated rings. The minimum Gasteiger partial charge on any atom is -0.478 e. The van der Waals surface area contributed by atoms with Crippen molar-refractivity contribution in [3.05, 3.63) is 62.8 Å². The predicted molar refractivity (Wildman–Crippen MR) is 85.5 cm³/mol. The van der Waals surface area contributed by atoms with Crippen molar-refractivity contribution >= 4 is 11.9 Å². The highest BCUT2D eigenvalue weighted by atomic mass is 16.5. The summed E-state index contributed by atoms with van der Waals surface area (Å²) in [5, 5.41) is 15.4. The number of carboxylic acids is 1. The number of allylic oxidation sites excluding steroid dienone is 1. The molecule has 0 spiro atoms. The molecule has 0 rings (SSSR count). The molecular weight excluding hydrogens is 270 g/mol. The third-order valence-corrected chi connectivity index (χ3v) is 1.14. The highest BCUT2D eigenvalue weighted by Crippen LogP contribution is 1.90. The van der Waals surface area contributed by atoms with Crippen LogP contribution in [0.15, 0.2) is 62.8 Å². The highest BCUT2D eigenvalue weighted by Gasteiger charge is 1.98. The number of ether oxygens (including phenoxy) is 1. The van der Waals surface area contributed by atoms with Crippen LogP contribution in [-0.2, 0) is 14.3 Å². The van der Waals surface area contributed by atoms with Crippen LogP contribution >= 0.6 is 0 Å². The van der Waals surface area contributed by atoms with Gasteiger partial charge in [-0.3, -0.25) is 0 Å². The Kier molecular flexibility index (Phi) is 28.3. The molecular formula is C16H23NO4. The fraction of sp³-hybridized carbons (Fsp3) is 0.188. The first-order valence-corrected chi connectivity index (χ1v) is 5.57. The zero-order valence-electron chi connectivity index (χ0n) is 12.7. The number of aliphatic carboxylic acids is 1. The first-order valence-electron chi connectivity index (χ1n) is 5.57. The molecule has 0 radical (unpaired) electrons. The summed E-state index contributed by atoms with van der Waals surface area (Å²) < 4.78 is 4.60. The van der Waals surface area contributed by atoms with Gasteiger partial charge in [0.2, 0.25) is 0 Å². The van der Waals surface area contributed by atoms with Crippen LogP contribution in [0.25, 0.3) is 0 Å². The molecule has 0 aromatic heterocycles. The molecule has 0 saturated carbocycles. The van der Waals surface area contributed by atoms with E-state index in [1.54, 1.807) is 13.0 Å². The van der Waals surface area contributed by atoms with Gasteiger partial charge in [0.05, 0.1) is 6.07 Å². The van der Waals surface area contributed by atoms with Crippen LogP contribution in [0.5, 0.6) is 0 Å². The van der Waals surface area contributed by atoms with E-state index in [4.69, 9.17) is 10.4 Å². The van der Waals surface area contributed by atoms with Gasteiger partial charge < -0.3 is 9.84 Å². The quantitative estimate of drug-likeness (QED) is 0.371. The second-order valence-electron chi connectivity index (χ2n) is 3.09. The molecule has 0 atom stereocenters. The Morgan fingerprint density at radius 1 is 1.19 bits per heavy atom. The molecule has 5 heteroatoms. The Morgan fingerprint density at radius 3 is 1.67 bits per heavy atom. The molecule has 21 heavy (non-hydrogen) atoms. The molecule has 0 aliphatic rings. The smallest absolute Gasteiger partial charge is 0.333 e. The lowest BCUT2D eigenvalue weighted by atomic mass is 10.4. The van der Waals surface area contributed by atoms with E-state index in [2.05, 4.69) is 44.2 Å². The SMILES string of the molecule is C=C.C=C(C)C(=O)O.C=CC#N.C=CCOC(=O)C(=C)C. The number of nitriles is 1. The van der Waals surface area contributed by atoms with E-state index in [0.717, 1.165) is 0 Å². The van der Waals surface area contributed by atoms with Gasteiger partial charge in [-0.25, -0.2) is 9.59 Å². The maximum atomic E-state index is 10.5. The van der Waals surface area contributed by atoms with E-state index in [0.29, 0.717) is 5.57 Å². The average molecular weight is 293 g/mol. The van der Waals surface area contributed by atoms with Crippen molar-refractivity contribution in [2.24, 2.45) is 0 Å². The number of esters is 1. The van der Waals surface area contributed by atoms with Crippen molar-refractivity contribution in [2.75, 3.05) is 6.61 Å². The van der Waals surface area contributed by atoms with E-state index < -0.39 is 5.97 Å². The van der Waals surface area contributed by atoms with E-state index in [-0.39, 0.29) is 18.1 Å². The Hall–Kier alpha value is -2.87. The van der Waals surface area contributed by atoms with E-state index in [1.807, 2.05) is 0 Å². The molecule has 0 saturated heterocycles. The summed E-state index contributed by atoms with van der Waals surface area (Å²) in [6.07, 6.45) is 2.70. The van der Waals surface area contributed by atoms with Crippen LogP contribution in [-0.4, -0.2) is 23.7 Å². The lowest BCUT2D eigenvalue weighted by molar-refractivity contribution is -0.137. The van der Waals surface area contributed by atoms with Crippen molar-refractivity contribution in [3.8, 4) is 6.07 Å². The van der Waals surface area contributed by atoms with Crippen molar-refractivity contribution in [1.29, 1.82) is 5.26 Å². The molecule has 116 valence electrons. The number of nitrogens with zero attached hydrogens (tertiary/aromatic N) is 1. The fourth-order valence-electron chi connectivity index (χ4n) is 0.258. The van der Waals surface area contributed by atoms with Gasteiger partial charge in [0, 0.05) is 17.2 Å². The average Bonchev–Trinajstić information content (AvgIpc) is 2.47. The van der Waals surface area contributed by atoms with Crippen LogP contribution in [0, 0.1) is 11.3 Å². The molecule has 0 amide bonds. The standard InChI is InChI=1S/C7H10O2.C4H6O2.C3H3N.C2H4/c1-4-5-9-7(8)6(2)3;1-3(2)4(5)6;1-2-3-4;1-2/h4H,1-2,5H2,3H3;1H2,2H3,(H,5,6);2H,1H2;1-2H2. The Morgan fingerprint density at radius 2 is 1.52 bits per heavy atom. The maximum absolute atomic E-state index is 10.5. The Bertz CT molecular complexity index is 391. The summed E-state index contributed by atoms with van der Waals surface area (Å²) in [7, 11) is 0. The second-order valence-corrected chi connectivity index (χ2v) is 3.09. The molecule has 0 aliphatic carbocycles. The van der Waals surface area contributed by atoms with Gasteiger partial charge in [-0.1, -0.05) is 32.4 Å². The topological polar surface area (TPSA) is 87.4 Å². The molecule has 0 aromatic rings. The molecule has 5 nitrogen and oxygen atoms in total. The summed E-state index contributed by atoms with van der Waals surface area (Å²) in [6, 6.07) is 1.69. The highest BCUT2D eigenvalue weighted by molar-refractivity contribution is 5.87. The summed E-state index contributed by atoms with van der Waals surface area (Å²) in [5.74, 6) is -1.30. The number of hydrogen-bond donors (Lipinski definition) is 1. The number of hydrogen-bond acceptors (Lipinski definition) is 4. The summed E-state index contributed by atoms with van der Waals surface area (Å²) in [6.45, 7) is 22.4. The Labute approximate surface area is 126 Å². The third-order valence-electron chi connectivity index (χ3n) is 1.14. The minimum absolute atomic E-state index is 0.176. The van der Waals surface area contributed by atoms with Crippen molar-refractivity contribution < 1.29 is 19.4 Å². The zero-order chi connectivity index (χ0) is 17.8. The lowest BCUT2D eigenvalue weighted by Gasteiger charge is -1.97. The molecule has 0 unspecified atom stereocenters. The first-order chi connectivity index (χ1) is 9.74. The van der Waals surface area contributed by atoms with Gasteiger partial charge in [0.15, 0.2) is 0 Å². The van der Waals surface area contributed by atoms with Crippen LogP contribution in [0.3, 0.4) is 0 Å². The van der Waals surface area contributed by atoms with Crippen molar-refractivity contribution in [2.45, 2.75) is 13.8 Å². The zero-order valence-corrected chi connectivity index (χ0v) is 12.7. The Balaban J connectivity index is -0.000000104. The van der Waals surface area contributed by atoms with Crippen molar-refractivity contribution in [3.63, 3.8) is 0 Å². The number of carbonyl (C=O) groups excluding carboxylic acids is 1. The largest absolute Gasteiger partial charge is 0.478 e. The molecule has 0 heterocycles. The van der Waals surface area contributed by atoms with Gasteiger partial charge in [-0.2, -0.15) is 5.26 Å². The minimum atomic E-state index is -0.935. The van der Waals surface area contributed by atoms with Crippen LogP contribution in [0.1, 0.15) is 13.8 Å².